The first kappa shape index (κ1) is 29.9. The number of hydroxylamine groups is 2. The van der Waals surface area contributed by atoms with E-state index in [0.29, 0.717) is 49.7 Å². The van der Waals surface area contributed by atoms with Crippen molar-refractivity contribution in [2.24, 2.45) is 0 Å². The second-order valence-corrected chi connectivity index (χ2v) is 10.1. The fourth-order valence-electron chi connectivity index (χ4n) is 4.11. The Hall–Kier alpha value is -2.62. The molecule has 3 atom stereocenters. The molecule has 3 heterocycles. The zero-order valence-corrected chi connectivity index (χ0v) is 22.1. The lowest BCUT2D eigenvalue weighted by molar-refractivity contribution is -0.177. The number of nitrogens with zero attached hydrogens (tertiary/aromatic N) is 1. The number of hydrogen-bond acceptors (Lipinski definition) is 11. The summed E-state index contributed by atoms with van der Waals surface area (Å²) in [5.74, 6) is -0.204. The third kappa shape index (κ3) is 10.3. The smallest absolute Gasteiger partial charge is 0.430 e. The molecule has 38 heavy (non-hydrogen) atoms. The van der Waals surface area contributed by atoms with Crippen LogP contribution in [-0.2, 0) is 38.2 Å². The van der Waals surface area contributed by atoms with Crippen LogP contribution in [0.5, 0.6) is 0 Å². The summed E-state index contributed by atoms with van der Waals surface area (Å²) in [5, 5.41) is 9.58. The average molecular weight is 561 g/mol. The van der Waals surface area contributed by atoms with E-state index in [4.69, 9.17) is 18.9 Å². The monoisotopic (exact) mass is 560 g/mol. The molecule has 3 aliphatic rings. The molecule has 0 bridgehead atoms. The maximum atomic E-state index is 11.9. The van der Waals surface area contributed by atoms with Crippen LogP contribution in [0.15, 0.2) is 0 Å². The number of nitrogens with one attached hydrogen (secondary N) is 3. The number of urea groups is 1. The first-order chi connectivity index (χ1) is 18.4. The highest BCUT2D eigenvalue weighted by Crippen LogP contribution is 2.33. The maximum Gasteiger partial charge on any atom is 0.534 e. The van der Waals surface area contributed by atoms with Gasteiger partial charge < -0.3 is 34.9 Å². The second kappa shape index (κ2) is 16.4. The van der Waals surface area contributed by atoms with Crippen molar-refractivity contribution < 1.29 is 47.8 Å². The van der Waals surface area contributed by atoms with Crippen molar-refractivity contribution in [2.75, 3.05) is 58.5 Å². The van der Waals surface area contributed by atoms with Crippen molar-refractivity contribution in [3.8, 4) is 0 Å². The summed E-state index contributed by atoms with van der Waals surface area (Å²) in [6, 6.07) is 0.358. The largest absolute Gasteiger partial charge is 0.534 e. The summed E-state index contributed by atoms with van der Waals surface area (Å²) in [6.07, 6.45) is 2.12. The Balaban J connectivity index is 1.03. The molecule has 0 aliphatic carbocycles. The van der Waals surface area contributed by atoms with Crippen LogP contribution < -0.4 is 16.0 Å². The molecule has 0 aromatic rings. The number of rotatable bonds is 18. The molecule has 0 aromatic heterocycles. The van der Waals surface area contributed by atoms with Gasteiger partial charge in [-0.15, -0.1) is 0 Å². The van der Waals surface area contributed by atoms with Gasteiger partial charge in [0.1, 0.15) is 6.61 Å². The second-order valence-electron chi connectivity index (χ2n) is 8.83. The first-order valence-corrected chi connectivity index (χ1v) is 13.9. The Morgan fingerprint density at radius 3 is 2.26 bits per heavy atom. The Labute approximate surface area is 225 Å². The van der Waals surface area contributed by atoms with E-state index in [2.05, 4.69) is 20.8 Å². The number of unbranched alkanes of at least 4 members (excludes halogenated alkanes) is 1. The molecule has 214 valence electrons. The van der Waals surface area contributed by atoms with Gasteiger partial charge in [-0.3, -0.25) is 19.2 Å². The van der Waals surface area contributed by atoms with Crippen molar-refractivity contribution >= 4 is 41.7 Å². The molecule has 3 saturated heterocycles. The van der Waals surface area contributed by atoms with Gasteiger partial charge in [0.15, 0.2) is 0 Å². The van der Waals surface area contributed by atoms with Gasteiger partial charge in [0.25, 0.3) is 11.8 Å². The van der Waals surface area contributed by atoms with Gasteiger partial charge in [-0.25, -0.2) is 9.59 Å². The van der Waals surface area contributed by atoms with E-state index in [0.717, 1.165) is 25.0 Å². The molecule has 3 fully saturated rings. The molecular formula is C23H36N4O10S. The molecule has 15 heteroatoms. The maximum absolute atomic E-state index is 11.9. The Bertz CT molecular complexity index is 816. The molecule has 0 radical (unpaired) electrons. The topological polar surface area (TPSA) is 171 Å². The third-order valence-corrected chi connectivity index (χ3v) is 7.52. The quantitative estimate of drug-likeness (QED) is 0.0898. The highest BCUT2D eigenvalue weighted by Gasteiger charge is 2.42. The van der Waals surface area contributed by atoms with Crippen LogP contribution in [-0.4, -0.2) is 111 Å². The third-order valence-electron chi connectivity index (χ3n) is 6.01. The molecule has 0 unspecified atom stereocenters. The van der Waals surface area contributed by atoms with E-state index in [1.807, 2.05) is 11.8 Å². The SMILES string of the molecule is O=C(CCCC[C@@H]1SC[C@@H]2NC(=O)N[C@@H]21)NCCOCCOCCOCCOC(=O)ON1C(=O)CCC1=O. The number of ether oxygens (including phenoxy) is 4. The van der Waals surface area contributed by atoms with Crippen molar-refractivity contribution in [3.05, 3.63) is 0 Å². The number of hydrogen-bond donors (Lipinski definition) is 3. The van der Waals surface area contributed by atoms with Crippen molar-refractivity contribution in [3.63, 3.8) is 0 Å². The molecule has 3 N–H and O–H groups in total. The van der Waals surface area contributed by atoms with Crippen LogP contribution in [0.25, 0.3) is 0 Å². The summed E-state index contributed by atoms with van der Waals surface area (Å²) < 4.78 is 20.8. The van der Waals surface area contributed by atoms with Crippen LogP contribution >= 0.6 is 11.8 Å². The van der Waals surface area contributed by atoms with Crippen LogP contribution in [0.2, 0.25) is 0 Å². The summed E-state index contributed by atoms with van der Waals surface area (Å²) in [7, 11) is 0. The summed E-state index contributed by atoms with van der Waals surface area (Å²) in [5.41, 5.74) is 0. The zero-order valence-electron chi connectivity index (χ0n) is 21.3. The number of carbonyl (C=O) groups excluding carboxylic acids is 5. The fourth-order valence-corrected chi connectivity index (χ4v) is 5.65. The van der Waals surface area contributed by atoms with Gasteiger partial charge in [-0.05, 0) is 12.8 Å². The highest BCUT2D eigenvalue weighted by molar-refractivity contribution is 8.00. The number of thioether (sulfide) groups is 1. The Morgan fingerprint density at radius 1 is 0.895 bits per heavy atom. The van der Waals surface area contributed by atoms with Crippen LogP contribution in [0.4, 0.5) is 9.59 Å². The van der Waals surface area contributed by atoms with Gasteiger partial charge in [0.2, 0.25) is 5.91 Å². The molecule has 14 nitrogen and oxygen atoms in total. The van der Waals surface area contributed by atoms with Crippen molar-refractivity contribution in [2.45, 2.75) is 55.9 Å². The molecule has 5 amide bonds. The van der Waals surface area contributed by atoms with Crippen molar-refractivity contribution in [1.29, 1.82) is 0 Å². The molecule has 3 aliphatic heterocycles. The summed E-state index contributed by atoms with van der Waals surface area (Å²) in [4.78, 5) is 62.0. The van der Waals surface area contributed by atoms with Gasteiger partial charge in [-0.2, -0.15) is 11.8 Å². The number of imide groups is 1. The number of amides is 5. The minimum Gasteiger partial charge on any atom is -0.430 e. The normalized spacial score (nSPS) is 22.3. The summed E-state index contributed by atoms with van der Waals surface area (Å²) in [6.45, 7) is 2.19. The lowest BCUT2D eigenvalue weighted by Crippen LogP contribution is -2.36. The lowest BCUT2D eigenvalue weighted by Gasteiger charge is -2.16. The fraction of sp³-hybridized carbons (Fsp3) is 0.783. The standard InChI is InChI=1S/C23H36N4O10S/c28-18(4-2-1-3-17-21-16(15-38-17)25-22(31)26-21)24-7-8-33-9-10-34-11-12-35-13-14-36-23(32)37-27-19(29)5-6-20(27)30/h16-17,21H,1-15H2,(H,24,28)(H2,25,26,31)/t16-,17-,21-/m0/s1. The van der Waals surface area contributed by atoms with Crippen LogP contribution in [0, 0.1) is 0 Å². The average Bonchev–Trinajstić information content (AvgIpc) is 3.54. The minimum atomic E-state index is -1.14. The molecular weight excluding hydrogens is 524 g/mol. The van der Waals surface area contributed by atoms with E-state index in [-0.39, 0.29) is 56.7 Å². The molecule has 0 aromatic carbocycles. The van der Waals surface area contributed by atoms with Gasteiger partial charge in [-0.1, -0.05) is 11.5 Å². The van der Waals surface area contributed by atoms with Crippen molar-refractivity contribution in [1.82, 2.24) is 21.0 Å². The van der Waals surface area contributed by atoms with E-state index in [1.165, 1.54) is 0 Å². The van der Waals surface area contributed by atoms with Crippen LogP contribution in [0.1, 0.15) is 38.5 Å². The predicted molar refractivity (Wildman–Crippen MR) is 133 cm³/mol. The summed E-state index contributed by atoms with van der Waals surface area (Å²) >= 11 is 1.88. The van der Waals surface area contributed by atoms with E-state index in [1.54, 1.807) is 0 Å². The van der Waals surface area contributed by atoms with Gasteiger partial charge >= 0.3 is 12.2 Å². The van der Waals surface area contributed by atoms with Gasteiger partial charge in [0.05, 0.1) is 51.7 Å². The Morgan fingerprint density at radius 2 is 1.55 bits per heavy atom. The van der Waals surface area contributed by atoms with E-state index >= 15 is 0 Å². The lowest BCUT2D eigenvalue weighted by atomic mass is 10.0. The number of fused-ring (bicyclic) bond motifs is 1. The molecule has 0 saturated carbocycles. The van der Waals surface area contributed by atoms with Crippen LogP contribution in [0.3, 0.4) is 0 Å². The molecule has 3 rings (SSSR count). The zero-order chi connectivity index (χ0) is 27.2. The Kier molecular flexibility index (Phi) is 12.9. The predicted octanol–water partition coefficient (Wildman–Crippen LogP) is 0.0954. The minimum absolute atomic E-state index is 0.00468. The number of carbonyl (C=O) groups is 5. The molecule has 0 spiro atoms. The van der Waals surface area contributed by atoms with E-state index < -0.39 is 18.0 Å². The highest BCUT2D eigenvalue weighted by atomic mass is 32.2. The first-order valence-electron chi connectivity index (χ1n) is 12.8. The van der Waals surface area contributed by atoms with E-state index in [9.17, 15) is 24.0 Å². The van der Waals surface area contributed by atoms with Gasteiger partial charge in [0, 0.05) is 36.8 Å².